The van der Waals surface area contributed by atoms with Crippen molar-refractivity contribution in [2.75, 3.05) is 13.1 Å². The number of nitrogens with zero attached hydrogens (tertiary/aromatic N) is 2. The lowest BCUT2D eigenvalue weighted by Crippen LogP contribution is -2.42. The average molecular weight is 373 g/mol. The first kappa shape index (κ1) is 18.2. The second-order valence-electron chi connectivity index (χ2n) is 7.11. The molecule has 0 atom stereocenters. The Balaban J connectivity index is 1.25. The Morgan fingerprint density at radius 3 is 2.64 bits per heavy atom. The zero-order chi connectivity index (χ0) is 19.3. The molecule has 0 unspecified atom stereocenters. The highest BCUT2D eigenvalue weighted by molar-refractivity contribution is 5.85. The summed E-state index contributed by atoms with van der Waals surface area (Å²) in [6.45, 7) is 1.37. The van der Waals surface area contributed by atoms with Gasteiger partial charge in [0.15, 0.2) is 0 Å². The fourth-order valence-corrected chi connectivity index (χ4v) is 3.57. The van der Waals surface area contributed by atoms with Gasteiger partial charge >= 0.3 is 0 Å². The minimum absolute atomic E-state index is 0.0355. The number of amides is 2. The summed E-state index contributed by atoms with van der Waals surface area (Å²) in [5.41, 5.74) is 4.31. The molecule has 0 radical (unpaired) electrons. The number of carbonyl (C=O) groups excluding carboxylic acids is 2. The van der Waals surface area contributed by atoms with Gasteiger partial charge < -0.3 is 10.2 Å². The number of aromatic nitrogens is 1. The second-order valence-corrected chi connectivity index (χ2v) is 7.11. The molecule has 0 aliphatic carbocycles. The van der Waals surface area contributed by atoms with E-state index < -0.39 is 0 Å². The van der Waals surface area contributed by atoms with Gasteiger partial charge in [-0.2, -0.15) is 0 Å². The summed E-state index contributed by atoms with van der Waals surface area (Å²) >= 11 is 0. The summed E-state index contributed by atoms with van der Waals surface area (Å²) < 4.78 is 0. The van der Waals surface area contributed by atoms with Crippen molar-refractivity contribution in [2.45, 2.75) is 25.8 Å². The second kappa shape index (κ2) is 8.21. The highest BCUT2D eigenvalue weighted by atomic mass is 16.2. The van der Waals surface area contributed by atoms with Crippen LogP contribution in [0.25, 0.3) is 10.9 Å². The van der Waals surface area contributed by atoms with Crippen LogP contribution in [0.4, 0.5) is 0 Å². The predicted octanol–water partition coefficient (Wildman–Crippen LogP) is 2.87. The molecule has 2 aromatic carbocycles. The van der Waals surface area contributed by atoms with Crippen molar-refractivity contribution in [1.82, 2.24) is 15.2 Å². The lowest BCUT2D eigenvalue weighted by molar-refractivity contribution is -0.133. The zero-order valence-electron chi connectivity index (χ0n) is 15.7. The summed E-state index contributed by atoms with van der Waals surface area (Å²) in [7, 11) is 0. The normalized spacial score (nSPS) is 13.2. The van der Waals surface area contributed by atoms with Gasteiger partial charge in [0.1, 0.15) is 0 Å². The van der Waals surface area contributed by atoms with Gasteiger partial charge in [-0.25, -0.2) is 0 Å². The number of benzene rings is 2. The molecule has 2 heterocycles. The van der Waals surface area contributed by atoms with Crippen molar-refractivity contribution >= 4 is 22.7 Å². The molecule has 5 nitrogen and oxygen atoms in total. The first-order valence-corrected chi connectivity index (χ1v) is 9.65. The van der Waals surface area contributed by atoms with Crippen LogP contribution in [0.2, 0.25) is 0 Å². The monoisotopic (exact) mass is 373 g/mol. The maximum absolute atomic E-state index is 12.4. The topological polar surface area (TPSA) is 62.3 Å². The highest BCUT2D eigenvalue weighted by Gasteiger charge is 2.20. The van der Waals surface area contributed by atoms with Gasteiger partial charge in [0.25, 0.3) is 0 Å². The van der Waals surface area contributed by atoms with Crippen molar-refractivity contribution in [3.63, 3.8) is 0 Å². The van der Waals surface area contributed by atoms with Crippen LogP contribution in [0, 0.1) is 0 Å². The summed E-state index contributed by atoms with van der Waals surface area (Å²) in [6, 6.07) is 20.1. The van der Waals surface area contributed by atoms with Crippen LogP contribution in [0.5, 0.6) is 0 Å². The van der Waals surface area contributed by atoms with Crippen LogP contribution in [0.15, 0.2) is 60.7 Å². The molecule has 4 rings (SSSR count). The molecular weight excluding hydrogens is 350 g/mol. The van der Waals surface area contributed by atoms with Crippen LogP contribution in [-0.4, -0.2) is 34.8 Å². The van der Waals surface area contributed by atoms with Gasteiger partial charge in [-0.1, -0.05) is 48.5 Å². The fourth-order valence-electron chi connectivity index (χ4n) is 3.57. The van der Waals surface area contributed by atoms with Crippen molar-refractivity contribution in [3.05, 3.63) is 77.5 Å². The number of hydrogen-bond acceptors (Lipinski definition) is 3. The molecule has 28 heavy (non-hydrogen) atoms. The number of carbonyl (C=O) groups is 2. The molecule has 1 aliphatic rings. The third-order valence-corrected chi connectivity index (χ3v) is 5.18. The zero-order valence-corrected chi connectivity index (χ0v) is 15.7. The Morgan fingerprint density at radius 1 is 0.964 bits per heavy atom. The van der Waals surface area contributed by atoms with Crippen LogP contribution >= 0.6 is 0 Å². The predicted molar refractivity (Wildman–Crippen MR) is 109 cm³/mol. The maximum atomic E-state index is 12.4. The lowest BCUT2D eigenvalue weighted by atomic mass is 10.00. The molecule has 142 valence electrons. The number of aryl methyl sites for hydroxylation is 1. The number of fused-ring (bicyclic) bond motifs is 2. The summed E-state index contributed by atoms with van der Waals surface area (Å²) in [5, 5.41) is 3.84. The molecule has 0 saturated carbocycles. The first-order chi connectivity index (χ1) is 13.7. The third kappa shape index (κ3) is 4.19. The maximum Gasteiger partial charge on any atom is 0.242 e. The Hall–Kier alpha value is -3.21. The molecule has 1 N–H and O–H groups in total. The summed E-state index contributed by atoms with van der Waals surface area (Å²) in [5.74, 6) is -0.160. The SMILES string of the molecule is O=C(CCc1ccc2ccccc2n1)NCC(=O)N1CCc2ccccc2C1. The molecule has 0 saturated heterocycles. The van der Waals surface area contributed by atoms with Crippen LogP contribution in [0.1, 0.15) is 23.2 Å². The molecule has 0 fully saturated rings. The van der Waals surface area contributed by atoms with E-state index in [9.17, 15) is 9.59 Å². The van der Waals surface area contributed by atoms with Gasteiger partial charge in [0.05, 0.1) is 12.1 Å². The molecule has 2 amide bonds. The number of hydrogen-bond donors (Lipinski definition) is 1. The third-order valence-electron chi connectivity index (χ3n) is 5.18. The quantitative estimate of drug-likeness (QED) is 0.748. The Morgan fingerprint density at radius 2 is 1.75 bits per heavy atom. The molecule has 3 aromatic rings. The minimum atomic E-state index is -0.124. The fraction of sp³-hybridized carbons (Fsp3) is 0.261. The van der Waals surface area contributed by atoms with E-state index in [1.54, 1.807) is 0 Å². The number of pyridine rings is 1. The Bertz CT molecular complexity index is 1020. The molecule has 1 aromatic heterocycles. The Labute approximate surface area is 164 Å². The van der Waals surface area contributed by atoms with E-state index in [1.165, 1.54) is 11.1 Å². The van der Waals surface area contributed by atoms with E-state index in [0.717, 1.165) is 23.0 Å². The first-order valence-electron chi connectivity index (χ1n) is 9.65. The summed E-state index contributed by atoms with van der Waals surface area (Å²) in [6.07, 6.45) is 1.74. The van der Waals surface area contributed by atoms with Crippen LogP contribution < -0.4 is 5.32 Å². The number of rotatable bonds is 5. The number of nitrogens with one attached hydrogen (secondary N) is 1. The van der Waals surface area contributed by atoms with Gasteiger partial charge in [0.2, 0.25) is 11.8 Å². The van der Waals surface area contributed by atoms with E-state index in [0.29, 0.717) is 25.9 Å². The van der Waals surface area contributed by atoms with Crippen molar-refractivity contribution in [1.29, 1.82) is 0 Å². The van der Waals surface area contributed by atoms with E-state index in [2.05, 4.69) is 22.4 Å². The molecule has 0 bridgehead atoms. The highest BCUT2D eigenvalue weighted by Crippen LogP contribution is 2.18. The van der Waals surface area contributed by atoms with Crippen molar-refractivity contribution < 1.29 is 9.59 Å². The van der Waals surface area contributed by atoms with E-state index in [-0.39, 0.29) is 18.4 Å². The average Bonchev–Trinajstić information content (AvgIpc) is 2.75. The standard InChI is InChI=1S/C23H23N3O2/c27-22(12-11-20-10-9-18-6-3-4-8-21(18)25-20)24-15-23(28)26-14-13-17-5-1-2-7-19(17)16-26/h1-10H,11-16H2,(H,24,27). The molecule has 1 aliphatic heterocycles. The largest absolute Gasteiger partial charge is 0.347 e. The van der Waals surface area contributed by atoms with Crippen molar-refractivity contribution in [3.8, 4) is 0 Å². The summed E-state index contributed by atoms with van der Waals surface area (Å²) in [4.78, 5) is 31.0. The smallest absolute Gasteiger partial charge is 0.242 e. The number of para-hydroxylation sites is 1. The Kier molecular flexibility index (Phi) is 5.33. The minimum Gasteiger partial charge on any atom is -0.347 e. The van der Waals surface area contributed by atoms with Gasteiger partial charge in [-0.3, -0.25) is 14.6 Å². The van der Waals surface area contributed by atoms with E-state index in [4.69, 9.17) is 0 Å². The molecular formula is C23H23N3O2. The van der Waals surface area contributed by atoms with Gasteiger partial charge in [-0.15, -0.1) is 0 Å². The van der Waals surface area contributed by atoms with E-state index >= 15 is 0 Å². The molecule has 0 spiro atoms. The van der Waals surface area contributed by atoms with Gasteiger partial charge in [0, 0.05) is 30.6 Å². The molecule has 5 heteroatoms. The van der Waals surface area contributed by atoms with Gasteiger partial charge in [-0.05, 0) is 36.1 Å². The van der Waals surface area contributed by atoms with Crippen molar-refractivity contribution in [2.24, 2.45) is 0 Å². The lowest BCUT2D eigenvalue weighted by Gasteiger charge is -2.29. The van der Waals surface area contributed by atoms with Crippen LogP contribution in [-0.2, 0) is 29.0 Å². The van der Waals surface area contributed by atoms with E-state index in [1.807, 2.05) is 53.4 Å². The van der Waals surface area contributed by atoms with Crippen LogP contribution in [0.3, 0.4) is 0 Å².